The van der Waals surface area contributed by atoms with Crippen LogP contribution >= 0.6 is 11.8 Å². The van der Waals surface area contributed by atoms with Crippen LogP contribution in [-0.2, 0) is 9.53 Å². The predicted octanol–water partition coefficient (Wildman–Crippen LogP) is 1.07. The second-order valence-electron chi connectivity index (χ2n) is 3.37. The first-order valence-corrected chi connectivity index (χ1v) is 6.29. The van der Waals surface area contributed by atoms with E-state index < -0.39 is 12.1 Å². The molecule has 1 unspecified atom stereocenters. The van der Waals surface area contributed by atoms with Gasteiger partial charge in [0.1, 0.15) is 5.03 Å². The molecule has 0 fully saturated rings. The van der Waals surface area contributed by atoms with Gasteiger partial charge in [-0.15, -0.1) is 11.8 Å². The topological polar surface area (TPSA) is 85.4 Å². The van der Waals surface area contributed by atoms with Crippen molar-refractivity contribution in [3.63, 3.8) is 0 Å². The number of hydrogen-bond acceptors (Lipinski definition) is 6. The Balaban J connectivity index is 2.35. The van der Waals surface area contributed by atoms with Crippen LogP contribution in [0.2, 0.25) is 0 Å². The van der Waals surface area contributed by atoms with Gasteiger partial charge in [-0.25, -0.2) is 4.98 Å². The maximum absolute atomic E-state index is 11.1. The second-order valence-corrected chi connectivity index (χ2v) is 4.38. The molecule has 0 aliphatic rings. The molecule has 0 saturated carbocycles. The monoisotopic (exact) mass is 256 g/mol. The second kappa shape index (κ2) is 7.13. The van der Waals surface area contributed by atoms with Gasteiger partial charge in [-0.1, -0.05) is 0 Å². The number of carbonyl (C=O) groups is 1. The minimum atomic E-state index is -0.750. The van der Waals surface area contributed by atoms with Crippen molar-refractivity contribution in [2.24, 2.45) is 0 Å². The molecule has 5 nitrogen and oxygen atoms in total. The Labute approximate surface area is 104 Å². The number of aromatic nitrogens is 1. The zero-order valence-corrected chi connectivity index (χ0v) is 10.4. The fourth-order valence-electron chi connectivity index (χ4n) is 1.17. The largest absolute Gasteiger partial charge is 0.466 e. The lowest BCUT2D eigenvalue weighted by molar-refractivity contribution is -0.144. The number of ether oxygens (including phenoxy) is 1. The number of rotatable bonds is 6. The summed E-state index contributed by atoms with van der Waals surface area (Å²) in [6, 6.07) is 3.49. The van der Waals surface area contributed by atoms with Crippen LogP contribution in [0.5, 0.6) is 0 Å². The molecule has 0 spiro atoms. The first-order chi connectivity index (χ1) is 8.13. The molecular weight excluding hydrogens is 240 g/mol. The molecule has 17 heavy (non-hydrogen) atoms. The third-order valence-corrected chi connectivity index (χ3v) is 3.09. The van der Waals surface area contributed by atoms with E-state index in [1.807, 2.05) is 0 Å². The van der Waals surface area contributed by atoms with E-state index in [9.17, 15) is 9.90 Å². The molecule has 1 atom stereocenters. The Morgan fingerprint density at radius 2 is 2.47 bits per heavy atom. The number of carbonyl (C=O) groups excluding carboxylic acids is 1. The SMILES string of the molecule is CCOC(=O)CC(O)CSc1ncccc1N. The molecule has 0 aliphatic carbocycles. The van der Waals surface area contributed by atoms with E-state index >= 15 is 0 Å². The van der Waals surface area contributed by atoms with E-state index in [2.05, 4.69) is 4.98 Å². The number of nitrogens with zero attached hydrogens (tertiary/aromatic N) is 1. The summed E-state index contributed by atoms with van der Waals surface area (Å²) >= 11 is 1.32. The fraction of sp³-hybridized carbons (Fsp3) is 0.455. The molecule has 94 valence electrons. The highest BCUT2D eigenvalue weighted by Crippen LogP contribution is 2.22. The van der Waals surface area contributed by atoms with Crippen molar-refractivity contribution < 1.29 is 14.6 Å². The Morgan fingerprint density at radius 1 is 1.71 bits per heavy atom. The fourth-order valence-corrected chi connectivity index (χ4v) is 2.01. The molecule has 1 heterocycles. The number of aliphatic hydroxyl groups is 1. The summed E-state index contributed by atoms with van der Waals surface area (Å²) in [7, 11) is 0. The molecular formula is C11H16N2O3S. The standard InChI is InChI=1S/C11H16N2O3S/c1-2-16-10(15)6-8(14)7-17-11-9(12)4-3-5-13-11/h3-5,8,14H,2,6-7,12H2,1H3. The maximum Gasteiger partial charge on any atom is 0.308 e. The van der Waals surface area contributed by atoms with Crippen LogP contribution in [0.3, 0.4) is 0 Å². The summed E-state index contributed by atoms with van der Waals surface area (Å²) in [6.45, 7) is 2.06. The third-order valence-electron chi connectivity index (χ3n) is 1.92. The number of anilines is 1. The van der Waals surface area contributed by atoms with Gasteiger partial charge in [0.2, 0.25) is 0 Å². The highest BCUT2D eigenvalue weighted by atomic mass is 32.2. The van der Waals surface area contributed by atoms with Gasteiger partial charge in [-0.05, 0) is 19.1 Å². The van der Waals surface area contributed by atoms with Gasteiger partial charge < -0.3 is 15.6 Å². The van der Waals surface area contributed by atoms with Gasteiger partial charge in [-0.3, -0.25) is 4.79 Å². The maximum atomic E-state index is 11.1. The van der Waals surface area contributed by atoms with Crippen molar-refractivity contribution in [2.75, 3.05) is 18.1 Å². The van der Waals surface area contributed by atoms with E-state index in [4.69, 9.17) is 10.5 Å². The van der Waals surface area contributed by atoms with Crippen molar-refractivity contribution in [3.05, 3.63) is 18.3 Å². The van der Waals surface area contributed by atoms with E-state index in [-0.39, 0.29) is 6.42 Å². The van der Waals surface area contributed by atoms with Gasteiger partial charge in [0, 0.05) is 11.9 Å². The van der Waals surface area contributed by atoms with Crippen molar-refractivity contribution in [1.29, 1.82) is 0 Å². The zero-order valence-electron chi connectivity index (χ0n) is 9.63. The van der Waals surface area contributed by atoms with E-state index in [0.29, 0.717) is 23.1 Å². The molecule has 0 aliphatic heterocycles. The quantitative estimate of drug-likeness (QED) is 0.585. The summed E-state index contributed by atoms with van der Waals surface area (Å²) in [5, 5.41) is 10.3. The summed E-state index contributed by atoms with van der Waals surface area (Å²) in [5.41, 5.74) is 6.27. The molecule has 1 aromatic heterocycles. The lowest BCUT2D eigenvalue weighted by Gasteiger charge is -2.09. The number of pyridine rings is 1. The van der Waals surface area contributed by atoms with Crippen LogP contribution in [0.1, 0.15) is 13.3 Å². The lowest BCUT2D eigenvalue weighted by atomic mass is 10.3. The van der Waals surface area contributed by atoms with E-state index in [0.717, 1.165) is 0 Å². The Kier molecular flexibility index (Phi) is 5.79. The van der Waals surface area contributed by atoms with Crippen LogP contribution < -0.4 is 5.73 Å². The highest BCUT2D eigenvalue weighted by molar-refractivity contribution is 7.99. The van der Waals surface area contributed by atoms with Crippen LogP contribution in [-0.4, -0.2) is 34.5 Å². The van der Waals surface area contributed by atoms with Crippen molar-refractivity contribution >= 4 is 23.4 Å². The molecule has 0 amide bonds. The molecule has 3 N–H and O–H groups in total. The van der Waals surface area contributed by atoms with Gasteiger partial charge in [0.15, 0.2) is 0 Å². The average Bonchev–Trinajstić information content (AvgIpc) is 2.28. The molecule has 0 bridgehead atoms. The van der Waals surface area contributed by atoms with Crippen molar-refractivity contribution in [2.45, 2.75) is 24.5 Å². The minimum absolute atomic E-state index is 0.00637. The van der Waals surface area contributed by atoms with E-state index in [1.165, 1.54) is 11.8 Å². The van der Waals surface area contributed by atoms with Crippen LogP contribution in [0, 0.1) is 0 Å². The van der Waals surface area contributed by atoms with Crippen molar-refractivity contribution in [3.8, 4) is 0 Å². The van der Waals surface area contributed by atoms with Gasteiger partial charge in [0.25, 0.3) is 0 Å². The number of hydrogen-bond donors (Lipinski definition) is 2. The van der Waals surface area contributed by atoms with E-state index in [1.54, 1.807) is 25.3 Å². The summed E-state index contributed by atoms with van der Waals surface area (Å²) in [4.78, 5) is 15.2. The number of esters is 1. The Morgan fingerprint density at radius 3 is 3.12 bits per heavy atom. The molecule has 0 radical (unpaired) electrons. The minimum Gasteiger partial charge on any atom is -0.466 e. The normalized spacial score (nSPS) is 12.1. The van der Waals surface area contributed by atoms with Gasteiger partial charge in [-0.2, -0.15) is 0 Å². The smallest absolute Gasteiger partial charge is 0.308 e. The molecule has 0 aromatic carbocycles. The lowest BCUT2D eigenvalue weighted by Crippen LogP contribution is -2.18. The summed E-state index contributed by atoms with van der Waals surface area (Å²) < 4.78 is 4.74. The van der Waals surface area contributed by atoms with Gasteiger partial charge in [0.05, 0.1) is 24.8 Å². The first kappa shape index (κ1) is 13.8. The van der Waals surface area contributed by atoms with Gasteiger partial charge >= 0.3 is 5.97 Å². The van der Waals surface area contributed by atoms with Crippen LogP contribution in [0.15, 0.2) is 23.4 Å². The number of nitrogen functional groups attached to an aromatic ring is 1. The molecule has 0 saturated heterocycles. The van der Waals surface area contributed by atoms with Crippen LogP contribution in [0.4, 0.5) is 5.69 Å². The zero-order chi connectivity index (χ0) is 12.7. The summed E-state index contributed by atoms with van der Waals surface area (Å²) in [6.07, 6.45) is 0.879. The number of aliphatic hydroxyl groups excluding tert-OH is 1. The molecule has 1 aromatic rings. The molecule has 6 heteroatoms. The van der Waals surface area contributed by atoms with Crippen molar-refractivity contribution in [1.82, 2.24) is 4.98 Å². The Bertz CT molecular complexity index is 373. The highest BCUT2D eigenvalue weighted by Gasteiger charge is 2.13. The average molecular weight is 256 g/mol. The number of nitrogens with two attached hydrogens (primary N) is 1. The number of thioether (sulfide) groups is 1. The first-order valence-electron chi connectivity index (χ1n) is 5.30. The van der Waals surface area contributed by atoms with Crippen LogP contribution in [0.25, 0.3) is 0 Å². The summed E-state index contributed by atoms with van der Waals surface area (Å²) in [5.74, 6) is -0.0328. The Hall–Kier alpha value is -1.27. The molecule has 1 rings (SSSR count). The third kappa shape index (κ3) is 5.06. The predicted molar refractivity (Wildman–Crippen MR) is 66.6 cm³/mol.